The van der Waals surface area contributed by atoms with Crippen LogP contribution in [0.2, 0.25) is 0 Å². The standard InChI is InChI=1S/C17H18F2N2O3/c1-11(13-10-12(18)5-6-14(13)19)21(2)16(22)7-8-20-17(23)15-4-3-9-24-15/h3-6,9-11H,7-8H2,1-2H3,(H,20,23). The quantitative estimate of drug-likeness (QED) is 0.882. The number of rotatable bonds is 6. The Bertz CT molecular complexity index is 717. The maximum absolute atomic E-state index is 13.8. The van der Waals surface area contributed by atoms with Crippen molar-refractivity contribution in [2.75, 3.05) is 13.6 Å². The third-order valence-electron chi connectivity index (χ3n) is 3.75. The first-order valence-electron chi connectivity index (χ1n) is 7.42. The van der Waals surface area contributed by atoms with Crippen molar-refractivity contribution in [2.45, 2.75) is 19.4 Å². The average molecular weight is 336 g/mol. The van der Waals surface area contributed by atoms with Gasteiger partial charge in [0.15, 0.2) is 5.76 Å². The molecule has 0 bridgehead atoms. The Balaban J connectivity index is 1.89. The molecule has 1 atom stereocenters. The van der Waals surface area contributed by atoms with Gasteiger partial charge in [-0.3, -0.25) is 9.59 Å². The first-order chi connectivity index (χ1) is 11.4. The fourth-order valence-electron chi connectivity index (χ4n) is 2.21. The van der Waals surface area contributed by atoms with Gasteiger partial charge in [0.2, 0.25) is 5.91 Å². The molecule has 128 valence electrons. The predicted molar refractivity (Wildman–Crippen MR) is 83.2 cm³/mol. The monoisotopic (exact) mass is 336 g/mol. The summed E-state index contributed by atoms with van der Waals surface area (Å²) >= 11 is 0. The molecule has 7 heteroatoms. The summed E-state index contributed by atoms with van der Waals surface area (Å²) in [5.74, 6) is -1.70. The van der Waals surface area contributed by atoms with Crippen LogP contribution in [0.3, 0.4) is 0 Å². The lowest BCUT2D eigenvalue weighted by molar-refractivity contribution is -0.131. The van der Waals surface area contributed by atoms with Crippen LogP contribution < -0.4 is 5.32 Å². The minimum absolute atomic E-state index is 0.0320. The summed E-state index contributed by atoms with van der Waals surface area (Å²) in [6, 6.07) is 5.60. The number of carbonyl (C=O) groups is 2. The molecule has 0 aliphatic carbocycles. The van der Waals surface area contributed by atoms with E-state index in [0.717, 1.165) is 18.2 Å². The summed E-state index contributed by atoms with van der Waals surface area (Å²) in [7, 11) is 1.51. The number of nitrogens with one attached hydrogen (secondary N) is 1. The number of halogens is 2. The van der Waals surface area contributed by atoms with E-state index in [1.165, 1.54) is 24.3 Å². The van der Waals surface area contributed by atoms with Gasteiger partial charge >= 0.3 is 0 Å². The second-order valence-corrected chi connectivity index (χ2v) is 5.33. The lowest BCUT2D eigenvalue weighted by atomic mass is 10.1. The second-order valence-electron chi connectivity index (χ2n) is 5.33. The number of amides is 2. The fourth-order valence-corrected chi connectivity index (χ4v) is 2.21. The van der Waals surface area contributed by atoms with E-state index in [1.54, 1.807) is 13.0 Å². The smallest absolute Gasteiger partial charge is 0.286 e. The van der Waals surface area contributed by atoms with E-state index < -0.39 is 23.6 Å². The molecular weight excluding hydrogens is 318 g/mol. The Kier molecular flexibility index (Phi) is 5.68. The van der Waals surface area contributed by atoms with Crippen LogP contribution in [0.1, 0.15) is 35.5 Å². The molecule has 0 saturated heterocycles. The summed E-state index contributed by atoms with van der Waals surface area (Å²) in [5, 5.41) is 2.56. The van der Waals surface area contributed by atoms with Gasteiger partial charge in [0, 0.05) is 25.6 Å². The molecule has 2 aromatic rings. The van der Waals surface area contributed by atoms with Crippen LogP contribution in [0.25, 0.3) is 0 Å². The maximum atomic E-state index is 13.8. The van der Waals surface area contributed by atoms with E-state index in [2.05, 4.69) is 5.32 Å². The first kappa shape index (κ1) is 17.7. The molecule has 1 aromatic heterocycles. The SMILES string of the molecule is CC(c1cc(F)ccc1F)N(C)C(=O)CCNC(=O)c1ccco1. The molecule has 24 heavy (non-hydrogen) atoms. The average Bonchev–Trinajstić information content (AvgIpc) is 3.10. The zero-order valence-corrected chi connectivity index (χ0v) is 13.4. The van der Waals surface area contributed by atoms with E-state index >= 15 is 0 Å². The van der Waals surface area contributed by atoms with E-state index in [0.29, 0.717) is 0 Å². The molecular formula is C17H18F2N2O3. The highest BCUT2D eigenvalue weighted by Gasteiger charge is 2.21. The molecule has 0 radical (unpaired) electrons. The Morgan fingerprint density at radius 3 is 2.71 bits per heavy atom. The van der Waals surface area contributed by atoms with Gasteiger partial charge in [0.25, 0.3) is 5.91 Å². The number of furan rings is 1. The summed E-state index contributed by atoms with van der Waals surface area (Å²) in [4.78, 5) is 25.1. The Morgan fingerprint density at radius 1 is 1.29 bits per heavy atom. The fraction of sp³-hybridized carbons (Fsp3) is 0.294. The molecule has 2 amide bonds. The van der Waals surface area contributed by atoms with E-state index in [-0.39, 0.29) is 30.2 Å². The topological polar surface area (TPSA) is 62.6 Å². The van der Waals surface area contributed by atoms with Crippen LogP contribution in [-0.2, 0) is 4.79 Å². The zero-order chi connectivity index (χ0) is 17.7. The summed E-state index contributed by atoms with van der Waals surface area (Å²) in [6.07, 6.45) is 1.41. The van der Waals surface area contributed by atoms with E-state index in [4.69, 9.17) is 4.42 Å². The van der Waals surface area contributed by atoms with Gasteiger partial charge in [-0.25, -0.2) is 8.78 Å². The van der Waals surface area contributed by atoms with Crippen molar-refractivity contribution < 1.29 is 22.8 Å². The highest BCUT2D eigenvalue weighted by atomic mass is 19.1. The predicted octanol–water partition coefficient (Wildman–Crippen LogP) is 2.90. The van der Waals surface area contributed by atoms with Crippen molar-refractivity contribution in [3.8, 4) is 0 Å². The minimum Gasteiger partial charge on any atom is -0.459 e. The minimum atomic E-state index is -0.631. The van der Waals surface area contributed by atoms with Gasteiger partial charge in [-0.2, -0.15) is 0 Å². The lowest BCUT2D eigenvalue weighted by Crippen LogP contribution is -2.34. The van der Waals surface area contributed by atoms with Gasteiger partial charge in [-0.15, -0.1) is 0 Å². The first-order valence-corrected chi connectivity index (χ1v) is 7.42. The third-order valence-corrected chi connectivity index (χ3v) is 3.75. The number of nitrogens with zero attached hydrogens (tertiary/aromatic N) is 1. The Hall–Kier alpha value is -2.70. The van der Waals surface area contributed by atoms with Gasteiger partial charge in [0.1, 0.15) is 11.6 Å². The third kappa shape index (κ3) is 4.18. The lowest BCUT2D eigenvalue weighted by Gasteiger charge is -2.25. The molecule has 0 aliphatic rings. The molecule has 0 spiro atoms. The molecule has 5 nitrogen and oxygen atoms in total. The van der Waals surface area contributed by atoms with Crippen molar-refractivity contribution in [3.63, 3.8) is 0 Å². The van der Waals surface area contributed by atoms with Gasteiger partial charge < -0.3 is 14.6 Å². The molecule has 1 aromatic carbocycles. The molecule has 1 N–H and O–H groups in total. The molecule has 1 heterocycles. The molecule has 0 fully saturated rings. The van der Waals surface area contributed by atoms with Crippen LogP contribution in [0.5, 0.6) is 0 Å². The van der Waals surface area contributed by atoms with Gasteiger partial charge in [-0.05, 0) is 37.3 Å². The van der Waals surface area contributed by atoms with Crippen molar-refractivity contribution in [3.05, 3.63) is 59.6 Å². The molecule has 0 saturated carbocycles. The summed E-state index contributed by atoms with van der Waals surface area (Å²) < 4.78 is 32.0. The molecule has 0 aliphatic heterocycles. The van der Waals surface area contributed by atoms with Crippen LogP contribution in [0.4, 0.5) is 8.78 Å². The van der Waals surface area contributed by atoms with Crippen LogP contribution in [0.15, 0.2) is 41.0 Å². The Labute approximate surface area is 138 Å². The largest absolute Gasteiger partial charge is 0.459 e. The summed E-state index contributed by atoms with van der Waals surface area (Å²) in [5.41, 5.74) is 0.102. The maximum Gasteiger partial charge on any atom is 0.286 e. The highest BCUT2D eigenvalue weighted by Crippen LogP contribution is 2.23. The number of benzene rings is 1. The Morgan fingerprint density at radius 2 is 2.04 bits per heavy atom. The normalized spacial score (nSPS) is 11.8. The number of hydrogen-bond donors (Lipinski definition) is 1. The zero-order valence-electron chi connectivity index (χ0n) is 13.4. The van der Waals surface area contributed by atoms with Crippen molar-refractivity contribution in [1.29, 1.82) is 0 Å². The van der Waals surface area contributed by atoms with Crippen molar-refractivity contribution in [1.82, 2.24) is 10.2 Å². The summed E-state index contributed by atoms with van der Waals surface area (Å²) in [6.45, 7) is 1.72. The second kappa shape index (κ2) is 7.72. The highest BCUT2D eigenvalue weighted by molar-refractivity contribution is 5.91. The van der Waals surface area contributed by atoms with Crippen LogP contribution >= 0.6 is 0 Å². The number of carbonyl (C=O) groups excluding carboxylic acids is 2. The van der Waals surface area contributed by atoms with Crippen LogP contribution in [0, 0.1) is 11.6 Å². The van der Waals surface area contributed by atoms with Crippen molar-refractivity contribution >= 4 is 11.8 Å². The van der Waals surface area contributed by atoms with Crippen molar-refractivity contribution in [2.24, 2.45) is 0 Å². The van der Waals surface area contributed by atoms with E-state index in [9.17, 15) is 18.4 Å². The van der Waals surface area contributed by atoms with Gasteiger partial charge in [-0.1, -0.05) is 0 Å². The molecule has 2 rings (SSSR count). The molecule has 1 unspecified atom stereocenters. The van der Waals surface area contributed by atoms with Gasteiger partial charge in [0.05, 0.1) is 12.3 Å². The van der Waals surface area contributed by atoms with E-state index in [1.807, 2.05) is 0 Å². The number of hydrogen-bond acceptors (Lipinski definition) is 3. The van der Waals surface area contributed by atoms with Crippen LogP contribution in [-0.4, -0.2) is 30.3 Å².